The summed E-state index contributed by atoms with van der Waals surface area (Å²) in [6.07, 6.45) is 0. The van der Waals surface area contributed by atoms with Crippen molar-refractivity contribution in [3.05, 3.63) is 24.0 Å². The van der Waals surface area contributed by atoms with E-state index in [0.717, 1.165) is 22.5 Å². The number of nitrogens with two attached hydrogens (primary N) is 1. The Hall–Kier alpha value is -1.67. The molecule has 1 rings (SSSR count). The van der Waals surface area contributed by atoms with E-state index in [9.17, 15) is 17.6 Å². The summed E-state index contributed by atoms with van der Waals surface area (Å²) in [7, 11) is -2.67. The third kappa shape index (κ3) is 4.68. The molecule has 1 aromatic carbocycles. The van der Waals surface area contributed by atoms with Crippen molar-refractivity contribution in [2.45, 2.75) is 18.7 Å². The van der Waals surface area contributed by atoms with Crippen LogP contribution in [0.1, 0.15) is 13.8 Å². The number of amides is 1. The van der Waals surface area contributed by atoms with Crippen molar-refractivity contribution in [2.75, 3.05) is 25.9 Å². The number of rotatable bonds is 6. The van der Waals surface area contributed by atoms with Gasteiger partial charge >= 0.3 is 0 Å². The Morgan fingerprint density at radius 2 is 2.05 bits per heavy atom. The molecule has 1 aromatic rings. The number of carbonyl (C=O) groups excluding carboxylic acids is 1. The van der Waals surface area contributed by atoms with Gasteiger partial charge in [0.05, 0.1) is 12.2 Å². The lowest BCUT2D eigenvalue weighted by molar-refractivity contribution is -0.121. The molecular formula is C13H20FN3O3S. The van der Waals surface area contributed by atoms with E-state index in [1.165, 1.54) is 7.05 Å². The fraction of sp³-hybridized carbons (Fsp3) is 0.462. The Bertz CT molecular complexity index is 617. The van der Waals surface area contributed by atoms with Crippen LogP contribution in [0.2, 0.25) is 0 Å². The zero-order valence-electron chi connectivity index (χ0n) is 12.3. The fourth-order valence-electron chi connectivity index (χ4n) is 1.58. The van der Waals surface area contributed by atoms with Crippen molar-refractivity contribution >= 4 is 21.6 Å². The number of nitrogens with one attached hydrogen (secondary N) is 1. The topological polar surface area (TPSA) is 92.5 Å². The number of benzene rings is 1. The van der Waals surface area contributed by atoms with Gasteiger partial charge in [-0.15, -0.1) is 0 Å². The highest BCUT2D eigenvalue weighted by Gasteiger charge is 2.25. The van der Waals surface area contributed by atoms with Crippen LogP contribution in [0.5, 0.6) is 0 Å². The predicted molar refractivity (Wildman–Crippen MR) is 78.5 cm³/mol. The van der Waals surface area contributed by atoms with Gasteiger partial charge in [0.15, 0.2) is 0 Å². The second kappa shape index (κ2) is 6.86. The first-order valence-electron chi connectivity index (χ1n) is 6.42. The lowest BCUT2D eigenvalue weighted by Gasteiger charge is -2.18. The molecule has 0 aromatic heterocycles. The molecule has 0 aliphatic rings. The first-order chi connectivity index (χ1) is 9.64. The van der Waals surface area contributed by atoms with E-state index in [1.807, 2.05) is 13.8 Å². The molecular weight excluding hydrogens is 297 g/mol. The second-order valence-electron chi connectivity index (χ2n) is 5.14. The highest BCUT2D eigenvalue weighted by Crippen LogP contribution is 2.22. The molecule has 0 fully saturated rings. The van der Waals surface area contributed by atoms with Crippen LogP contribution in [-0.4, -0.2) is 38.8 Å². The highest BCUT2D eigenvalue weighted by atomic mass is 32.2. The molecule has 0 saturated carbocycles. The maximum Gasteiger partial charge on any atom is 0.245 e. The summed E-state index contributed by atoms with van der Waals surface area (Å²) in [5.41, 5.74) is 5.34. The predicted octanol–water partition coefficient (Wildman–Crippen LogP) is 0.801. The van der Waals surface area contributed by atoms with E-state index >= 15 is 0 Å². The molecule has 8 heteroatoms. The molecule has 6 nitrogen and oxygen atoms in total. The van der Waals surface area contributed by atoms with Gasteiger partial charge in [-0.05, 0) is 24.1 Å². The zero-order chi connectivity index (χ0) is 16.2. The molecule has 0 atom stereocenters. The number of nitrogen functional groups attached to an aromatic ring is 1. The number of nitrogens with zero attached hydrogens (tertiary/aromatic N) is 1. The Labute approximate surface area is 124 Å². The number of anilines is 1. The van der Waals surface area contributed by atoms with E-state index in [4.69, 9.17) is 5.73 Å². The van der Waals surface area contributed by atoms with E-state index in [0.29, 0.717) is 6.54 Å². The van der Waals surface area contributed by atoms with E-state index in [1.54, 1.807) is 0 Å². The van der Waals surface area contributed by atoms with Crippen molar-refractivity contribution in [1.82, 2.24) is 9.62 Å². The van der Waals surface area contributed by atoms with Crippen LogP contribution in [0.3, 0.4) is 0 Å². The van der Waals surface area contributed by atoms with Gasteiger partial charge in [-0.25, -0.2) is 12.8 Å². The van der Waals surface area contributed by atoms with Crippen molar-refractivity contribution in [3.8, 4) is 0 Å². The van der Waals surface area contributed by atoms with Crippen molar-refractivity contribution in [2.24, 2.45) is 5.92 Å². The lowest BCUT2D eigenvalue weighted by Crippen LogP contribution is -2.39. The molecule has 0 bridgehead atoms. The average molecular weight is 317 g/mol. The average Bonchev–Trinajstić information content (AvgIpc) is 2.35. The Morgan fingerprint density at radius 3 is 2.57 bits per heavy atom. The van der Waals surface area contributed by atoms with Crippen LogP contribution in [0, 0.1) is 11.7 Å². The summed E-state index contributed by atoms with van der Waals surface area (Å²) in [6, 6.07) is 3.03. The van der Waals surface area contributed by atoms with Crippen LogP contribution in [0.15, 0.2) is 23.1 Å². The minimum atomic E-state index is -3.94. The van der Waals surface area contributed by atoms with Crippen LogP contribution >= 0.6 is 0 Å². The molecule has 0 unspecified atom stereocenters. The molecule has 0 spiro atoms. The standard InChI is InChI=1S/C13H20FN3O3S/c1-9(2)7-16-13(18)8-17(3)21(19,20)12-5-4-10(14)6-11(12)15/h4-6,9H,7-8,15H2,1-3H3,(H,16,18). The third-order valence-electron chi connectivity index (χ3n) is 2.73. The van der Waals surface area contributed by atoms with Crippen LogP contribution in [0.4, 0.5) is 10.1 Å². The number of halogens is 1. The Balaban J connectivity index is 2.85. The smallest absolute Gasteiger partial charge is 0.245 e. The number of likely N-dealkylation sites (N-methyl/N-ethyl adjacent to an activating group) is 1. The van der Waals surface area contributed by atoms with E-state index < -0.39 is 21.7 Å². The van der Waals surface area contributed by atoms with E-state index in [-0.39, 0.29) is 23.0 Å². The van der Waals surface area contributed by atoms with Gasteiger partial charge in [0.25, 0.3) is 0 Å². The highest BCUT2D eigenvalue weighted by molar-refractivity contribution is 7.89. The summed E-state index contributed by atoms with van der Waals surface area (Å²) >= 11 is 0. The van der Waals surface area contributed by atoms with Crippen LogP contribution in [-0.2, 0) is 14.8 Å². The number of sulfonamides is 1. The third-order valence-corrected chi connectivity index (χ3v) is 4.61. The Kier molecular flexibility index (Phi) is 5.68. The SMILES string of the molecule is CC(C)CNC(=O)CN(C)S(=O)(=O)c1ccc(F)cc1N. The summed E-state index contributed by atoms with van der Waals surface area (Å²) in [5, 5.41) is 2.62. The van der Waals surface area contributed by atoms with Gasteiger partial charge in [0, 0.05) is 13.6 Å². The van der Waals surface area contributed by atoms with Crippen LogP contribution in [0.25, 0.3) is 0 Å². The molecule has 3 N–H and O–H groups in total. The number of carbonyl (C=O) groups is 1. The quantitative estimate of drug-likeness (QED) is 0.759. The zero-order valence-corrected chi connectivity index (χ0v) is 13.1. The minimum Gasteiger partial charge on any atom is -0.398 e. The van der Waals surface area contributed by atoms with E-state index in [2.05, 4.69) is 5.32 Å². The number of hydrogen-bond acceptors (Lipinski definition) is 4. The lowest BCUT2D eigenvalue weighted by atomic mass is 10.2. The largest absolute Gasteiger partial charge is 0.398 e. The first-order valence-corrected chi connectivity index (χ1v) is 7.86. The summed E-state index contributed by atoms with van der Waals surface area (Å²) in [5.74, 6) is -0.761. The van der Waals surface area contributed by atoms with Crippen molar-refractivity contribution in [1.29, 1.82) is 0 Å². The molecule has 1 amide bonds. The second-order valence-corrected chi connectivity index (χ2v) is 7.15. The van der Waals surface area contributed by atoms with Gasteiger partial charge in [-0.1, -0.05) is 13.8 Å². The van der Waals surface area contributed by atoms with Gasteiger partial charge in [-0.2, -0.15) is 4.31 Å². The van der Waals surface area contributed by atoms with Gasteiger partial charge in [0.2, 0.25) is 15.9 Å². The molecule has 0 aliphatic carbocycles. The van der Waals surface area contributed by atoms with Gasteiger partial charge in [0.1, 0.15) is 10.7 Å². The summed E-state index contributed by atoms with van der Waals surface area (Å²) in [4.78, 5) is 11.4. The Morgan fingerprint density at radius 1 is 1.43 bits per heavy atom. The molecule has 0 aliphatic heterocycles. The monoisotopic (exact) mass is 317 g/mol. The molecule has 21 heavy (non-hydrogen) atoms. The van der Waals surface area contributed by atoms with Gasteiger partial charge in [-0.3, -0.25) is 4.79 Å². The van der Waals surface area contributed by atoms with Gasteiger partial charge < -0.3 is 11.1 Å². The summed E-state index contributed by atoms with van der Waals surface area (Å²) < 4.78 is 38.4. The maximum atomic E-state index is 13.0. The molecule has 0 heterocycles. The summed E-state index contributed by atoms with van der Waals surface area (Å²) in [6.45, 7) is 4.00. The van der Waals surface area contributed by atoms with Crippen molar-refractivity contribution < 1.29 is 17.6 Å². The molecule has 118 valence electrons. The first kappa shape index (κ1) is 17.4. The molecule has 0 saturated heterocycles. The normalized spacial score (nSPS) is 11.9. The fourth-order valence-corrected chi connectivity index (χ4v) is 2.80. The van der Waals surface area contributed by atoms with Crippen molar-refractivity contribution in [3.63, 3.8) is 0 Å². The minimum absolute atomic E-state index is 0.190. The molecule has 0 radical (unpaired) electrons. The number of hydrogen-bond donors (Lipinski definition) is 2. The maximum absolute atomic E-state index is 13.0. The van der Waals surface area contributed by atoms with Crippen LogP contribution < -0.4 is 11.1 Å².